The van der Waals surface area contributed by atoms with Crippen LogP contribution in [0.25, 0.3) is 0 Å². The largest absolute Gasteiger partial charge is 0.387 e. The first-order valence-corrected chi connectivity index (χ1v) is 6.80. The van der Waals surface area contributed by atoms with Crippen LogP contribution in [0, 0.1) is 0 Å². The Labute approximate surface area is 115 Å². The molecule has 0 saturated heterocycles. The highest BCUT2D eigenvalue weighted by Crippen LogP contribution is 2.26. The van der Waals surface area contributed by atoms with Gasteiger partial charge in [0.05, 0.1) is 23.8 Å². The Bertz CT molecular complexity index is 496. The topological polar surface area (TPSA) is 28.2 Å². The molecule has 2 rings (SSSR count). The molecule has 19 heavy (non-hydrogen) atoms. The Morgan fingerprint density at radius 1 is 1.11 bits per heavy atom. The molecule has 1 aromatic heterocycles. The zero-order valence-corrected chi connectivity index (χ0v) is 11.6. The van der Waals surface area contributed by atoms with Gasteiger partial charge in [-0.2, -0.15) is 0 Å². The van der Waals surface area contributed by atoms with E-state index in [0.29, 0.717) is 0 Å². The second-order valence-corrected chi connectivity index (χ2v) is 4.52. The number of pyridine rings is 1. The lowest BCUT2D eigenvalue weighted by Gasteiger charge is -2.25. The normalized spacial score (nSPS) is 10.2. The molecule has 0 amide bonds. The minimum absolute atomic E-state index is 1.01. The molecule has 0 fully saturated rings. The van der Waals surface area contributed by atoms with Crippen molar-refractivity contribution in [2.24, 2.45) is 0 Å². The highest BCUT2D eigenvalue weighted by molar-refractivity contribution is 5.65. The van der Waals surface area contributed by atoms with E-state index in [1.54, 1.807) is 0 Å². The number of hydrogen-bond acceptors (Lipinski definition) is 3. The standard InChI is InChI=1S/C16H21N3/c1-3-4-10-19(15-8-6-5-7-9-15)16-11-14(17-2)12-18-13-16/h5-9,11-13,17H,3-4,10H2,1-2H3. The summed E-state index contributed by atoms with van der Waals surface area (Å²) in [6.45, 7) is 3.22. The lowest BCUT2D eigenvalue weighted by Crippen LogP contribution is -2.18. The Morgan fingerprint density at radius 3 is 2.58 bits per heavy atom. The average Bonchev–Trinajstić information content (AvgIpc) is 2.49. The van der Waals surface area contributed by atoms with E-state index in [9.17, 15) is 0 Å². The number of nitrogens with zero attached hydrogens (tertiary/aromatic N) is 2. The molecule has 0 spiro atoms. The summed E-state index contributed by atoms with van der Waals surface area (Å²) in [6.07, 6.45) is 6.11. The van der Waals surface area contributed by atoms with E-state index in [0.717, 1.165) is 17.9 Å². The molecule has 3 nitrogen and oxygen atoms in total. The Morgan fingerprint density at radius 2 is 1.89 bits per heavy atom. The summed E-state index contributed by atoms with van der Waals surface area (Å²) in [7, 11) is 1.92. The lowest BCUT2D eigenvalue weighted by molar-refractivity contribution is 0.785. The zero-order valence-electron chi connectivity index (χ0n) is 11.6. The molecule has 2 aromatic rings. The third-order valence-electron chi connectivity index (χ3n) is 3.13. The van der Waals surface area contributed by atoms with Crippen molar-refractivity contribution in [2.45, 2.75) is 19.8 Å². The van der Waals surface area contributed by atoms with Crippen molar-refractivity contribution in [2.75, 3.05) is 23.8 Å². The lowest BCUT2D eigenvalue weighted by atomic mass is 10.2. The Hall–Kier alpha value is -2.03. The SMILES string of the molecule is CCCCN(c1ccccc1)c1cncc(NC)c1. The van der Waals surface area contributed by atoms with Gasteiger partial charge < -0.3 is 10.2 Å². The third kappa shape index (κ3) is 3.47. The van der Waals surface area contributed by atoms with Crippen molar-refractivity contribution in [1.82, 2.24) is 4.98 Å². The van der Waals surface area contributed by atoms with Gasteiger partial charge in [0.25, 0.3) is 0 Å². The number of rotatable bonds is 6. The summed E-state index contributed by atoms with van der Waals surface area (Å²) in [6, 6.07) is 12.6. The van der Waals surface area contributed by atoms with Crippen LogP contribution in [0.4, 0.5) is 17.1 Å². The molecule has 0 saturated carbocycles. The monoisotopic (exact) mass is 255 g/mol. The van der Waals surface area contributed by atoms with Crippen LogP contribution in [0.1, 0.15) is 19.8 Å². The van der Waals surface area contributed by atoms with Crippen molar-refractivity contribution in [3.63, 3.8) is 0 Å². The van der Waals surface area contributed by atoms with Crippen molar-refractivity contribution >= 4 is 17.1 Å². The second-order valence-electron chi connectivity index (χ2n) is 4.52. The smallest absolute Gasteiger partial charge is 0.0617 e. The molecule has 1 N–H and O–H groups in total. The molecule has 0 aliphatic heterocycles. The summed E-state index contributed by atoms with van der Waals surface area (Å²) in [5.41, 5.74) is 3.38. The molecule has 100 valence electrons. The number of anilines is 3. The molecule has 0 aliphatic carbocycles. The first-order valence-electron chi connectivity index (χ1n) is 6.80. The van der Waals surface area contributed by atoms with E-state index in [1.807, 2.05) is 25.5 Å². The fraction of sp³-hybridized carbons (Fsp3) is 0.312. The third-order valence-corrected chi connectivity index (χ3v) is 3.13. The molecule has 3 heteroatoms. The van der Waals surface area contributed by atoms with Crippen LogP contribution in [0.15, 0.2) is 48.8 Å². The van der Waals surface area contributed by atoms with Gasteiger partial charge >= 0.3 is 0 Å². The fourth-order valence-electron chi connectivity index (χ4n) is 2.04. The Balaban J connectivity index is 2.31. The van der Waals surface area contributed by atoms with E-state index >= 15 is 0 Å². The van der Waals surface area contributed by atoms with Gasteiger partial charge in [0, 0.05) is 19.3 Å². The average molecular weight is 255 g/mol. The van der Waals surface area contributed by atoms with E-state index in [4.69, 9.17) is 0 Å². The number of benzene rings is 1. The molecule has 0 radical (unpaired) electrons. The first kappa shape index (κ1) is 13.4. The quantitative estimate of drug-likeness (QED) is 0.843. The maximum atomic E-state index is 4.31. The fourth-order valence-corrected chi connectivity index (χ4v) is 2.04. The molecule has 1 heterocycles. The van der Waals surface area contributed by atoms with Gasteiger partial charge in [-0.25, -0.2) is 0 Å². The van der Waals surface area contributed by atoms with Crippen molar-refractivity contribution < 1.29 is 0 Å². The summed E-state index contributed by atoms with van der Waals surface area (Å²) in [5.74, 6) is 0. The highest BCUT2D eigenvalue weighted by Gasteiger charge is 2.09. The van der Waals surface area contributed by atoms with Crippen LogP contribution < -0.4 is 10.2 Å². The van der Waals surface area contributed by atoms with Crippen molar-refractivity contribution in [3.05, 3.63) is 48.8 Å². The van der Waals surface area contributed by atoms with Gasteiger partial charge in [-0.05, 0) is 24.6 Å². The highest BCUT2D eigenvalue weighted by atomic mass is 15.1. The second kappa shape index (κ2) is 6.78. The maximum Gasteiger partial charge on any atom is 0.0617 e. The molecule has 0 atom stereocenters. The zero-order chi connectivity index (χ0) is 13.5. The van der Waals surface area contributed by atoms with Crippen LogP contribution in [0.5, 0.6) is 0 Å². The van der Waals surface area contributed by atoms with Crippen LogP contribution in [0.3, 0.4) is 0 Å². The number of nitrogens with one attached hydrogen (secondary N) is 1. The van der Waals surface area contributed by atoms with Crippen molar-refractivity contribution in [3.8, 4) is 0 Å². The molecule has 0 bridgehead atoms. The van der Waals surface area contributed by atoms with Gasteiger partial charge in [0.15, 0.2) is 0 Å². The summed E-state index contributed by atoms with van der Waals surface area (Å²) >= 11 is 0. The van der Waals surface area contributed by atoms with Gasteiger partial charge in [-0.3, -0.25) is 4.98 Å². The van der Waals surface area contributed by atoms with E-state index < -0.39 is 0 Å². The number of unbranched alkanes of at least 4 members (excludes halogenated alkanes) is 1. The van der Waals surface area contributed by atoms with Crippen LogP contribution in [0.2, 0.25) is 0 Å². The minimum Gasteiger partial charge on any atom is -0.387 e. The van der Waals surface area contributed by atoms with E-state index in [-0.39, 0.29) is 0 Å². The van der Waals surface area contributed by atoms with Crippen LogP contribution >= 0.6 is 0 Å². The summed E-state index contributed by atoms with van der Waals surface area (Å²) in [4.78, 5) is 6.62. The minimum atomic E-state index is 1.01. The van der Waals surface area contributed by atoms with Gasteiger partial charge in [-0.1, -0.05) is 31.5 Å². The van der Waals surface area contributed by atoms with Crippen molar-refractivity contribution in [1.29, 1.82) is 0 Å². The molecular weight excluding hydrogens is 234 g/mol. The Kier molecular flexibility index (Phi) is 4.78. The van der Waals surface area contributed by atoms with Gasteiger partial charge in [0.2, 0.25) is 0 Å². The van der Waals surface area contributed by atoms with E-state index in [1.165, 1.54) is 18.5 Å². The number of aromatic nitrogens is 1. The first-order chi connectivity index (χ1) is 9.35. The van der Waals surface area contributed by atoms with Crippen LogP contribution in [-0.4, -0.2) is 18.6 Å². The van der Waals surface area contributed by atoms with Crippen LogP contribution in [-0.2, 0) is 0 Å². The molecule has 1 aromatic carbocycles. The van der Waals surface area contributed by atoms with Gasteiger partial charge in [-0.15, -0.1) is 0 Å². The van der Waals surface area contributed by atoms with Gasteiger partial charge in [0.1, 0.15) is 0 Å². The molecule has 0 aliphatic rings. The predicted octanol–water partition coefficient (Wildman–Crippen LogP) is 4.06. The number of para-hydroxylation sites is 1. The maximum absolute atomic E-state index is 4.31. The summed E-state index contributed by atoms with van der Waals surface area (Å²) < 4.78 is 0. The molecular formula is C16H21N3. The van der Waals surface area contributed by atoms with E-state index in [2.05, 4.69) is 52.5 Å². The predicted molar refractivity (Wildman–Crippen MR) is 82.1 cm³/mol. The molecule has 0 unspecified atom stereocenters. The summed E-state index contributed by atoms with van der Waals surface area (Å²) in [5, 5.41) is 3.14. The number of hydrogen-bond donors (Lipinski definition) is 1.